The molecule has 0 saturated carbocycles. The third-order valence-corrected chi connectivity index (χ3v) is 2.05. The fourth-order valence-electron chi connectivity index (χ4n) is 0.957. The van der Waals surface area contributed by atoms with Gasteiger partial charge in [0.2, 0.25) is 0 Å². The molecule has 5 nitrogen and oxygen atoms in total. The Morgan fingerprint density at radius 3 is 2.19 bits per heavy atom. The molecule has 16 heavy (non-hydrogen) atoms. The number of ether oxygens (including phenoxy) is 3. The average molecular weight is 234 g/mol. The van der Waals surface area contributed by atoms with E-state index < -0.39 is 11.6 Å². The summed E-state index contributed by atoms with van der Waals surface area (Å²) >= 11 is 0. The molecule has 96 valence electrons. The zero-order chi connectivity index (χ0) is 12.4. The third-order valence-electron chi connectivity index (χ3n) is 2.05. The van der Waals surface area contributed by atoms with Crippen molar-refractivity contribution in [3.8, 4) is 0 Å². The fourth-order valence-corrected chi connectivity index (χ4v) is 0.957. The minimum absolute atomic E-state index is 0.392. The highest BCUT2D eigenvalue weighted by molar-refractivity contribution is 5.76. The summed E-state index contributed by atoms with van der Waals surface area (Å²) in [7, 11) is 1.65. The lowest BCUT2D eigenvalue weighted by Gasteiger charge is -2.19. The van der Waals surface area contributed by atoms with E-state index in [1.54, 1.807) is 7.11 Å². The van der Waals surface area contributed by atoms with Gasteiger partial charge in [-0.2, -0.15) is 0 Å². The SMILES string of the molecule is COCCCOCCCOC(C)(C)C(=O)O. The number of carboxylic acids is 1. The van der Waals surface area contributed by atoms with Crippen molar-refractivity contribution in [1.29, 1.82) is 0 Å². The van der Waals surface area contributed by atoms with Crippen LogP contribution in [0.5, 0.6) is 0 Å². The van der Waals surface area contributed by atoms with Crippen molar-refractivity contribution in [3.05, 3.63) is 0 Å². The number of methoxy groups -OCH3 is 1. The highest BCUT2D eigenvalue weighted by atomic mass is 16.5. The van der Waals surface area contributed by atoms with Crippen molar-refractivity contribution in [3.63, 3.8) is 0 Å². The predicted molar refractivity (Wildman–Crippen MR) is 59.6 cm³/mol. The molecule has 0 bridgehead atoms. The molecule has 0 aromatic rings. The Morgan fingerprint density at radius 2 is 1.69 bits per heavy atom. The monoisotopic (exact) mass is 234 g/mol. The molecular formula is C11H22O5. The second-order valence-electron chi connectivity index (χ2n) is 3.98. The van der Waals surface area contributed by atoms with Crippen LogP contribution in [-0.2, 0) is 19.0 Å². The van der Waals surface area contributed by atoms with Gasteiger partial charge in [0, 0.05) is 26.9 Å². The second-order valence-corrected chi connectivity index (χ2v) is 3.98. The molecule has 0 unspecified atom stereocenters. The standard InChI is InChI=1S/C11H22O5/c1-11(2,10(12)13)16-9-5-8-15-7-4-6-14-3/h4-9H2,1-3H3,(H,12,13). The van der Waals surface area contributed by atoms with Crippen LogP contribution in [0.15, 0.2) is 0 Å². The zero-order valence-electron chi connectivity index (χ0n) is 10.3. The van der Waals surface area contributed by atoms with Gasteiger partial charge in [0.25, 0.3) is 0 Å². The number of rotatable bonds is 10. The van der Waals surface area contributed by atoms with Gasteiger partial charge >= 0.3 is 5.97 Å². The summed E-state index contributed by atoms with van der Waals surface area (Å²) in [6, 6.07) is 0. The molecule has 0 aromatic heterocycles. The van der Waals surface area contributed by atoms with E-state index in [1.165, 1.54) is 13.8 Å². The van der Waals surface area contributed by atoms with E-state index in [2.05, 4.69) is 0 Å². The lowest BCUT2D eigenvalue weighted by Crippen LogP contribution is -2.35. The fraction of sp³-hybridized carbons (Fsp3) is 0.909. The second kappa shape index (κ2) is 8.50. The Labute approximate surface area is 96.7 Å². The lowest BCUT2D eigenvalue weighted by atomic mass is 10.1. The normalized spacial score (nSPS) is 11.7. The molecule has 0 rings (SSSR count). The van der Waals surface area contributed by atoms with Gasteiger partial charge in [0.05, 0.1) is 6.61 Å². The molecule has 0 fully saturated rings. The highest BCUT2D eigenvalue weighted by Crippen LogP contribution is 2.09. The smallest absolute Gasteiger partial charge is 0.335 e. The number of carbonyl (C=O) groups is 1. The molecule has 0 amide bonds. The van der Waals surface area contributed by atoms with Crippen LogP contribution in [0, 0.1) is 0 Å². The van der Waals surface area contributed by atoms with Crippen LogP contribution in [0.3, 0.4) is 0 Å². The van der Waals surface area contributed by atoms with Gasteiger partial charge in [0.15, 0.2) is 5.60 Å². The van der Waals surface area contributed by atoms with E-state index in [4.69, 9.17) is 19.3 Å². The Morgan fingerprint density at radius 1 is 1.12 bits per heavy atom. The molecule has 0 heterocycles. The first-order chi connectivity index (χ1) is 7.50. The Kier molecular flexibility index (Phi) is 8.15. The summed E-state index contributed by atoms with van der Waals surface area (Å²) in [6.07, 6.45) is 1.57. The number of carboxylic acid groups (broad SMARTS) is 1. The molecule has 0 aliphatic rings. The van der Waals surface area contributed by atoms with Crippen molar-refractivity contribution in [2.75, 3.05) is 33.5 Å². The van der Waals surface area contributed by atoms with E-state index >= 15 is 0 Å². The van der Waals surface area contributed by atoms with Crippen molar-refractivity contribution >= 4 is 5.97 Å². The molecule has 5 heteroatoms. The summed E-state index contributed by atoms with van der Waals surface area (Å²) in [5.74, 6) is -0.950. The van der Waals surface area contributed by atoms with E-state index in [-0.39, 0.29) is 0 Å². The van der Waals surface area contributed by atoms with Crippen LogP contribution in [0.1, 0.15) is 26.7 Å². The van der Waals surface area contributed by atoms with Crippen LogP contribution in [-0.4, -0.2) is 50.2 Å². The van der Waals surface area contributed by atoms with Crippen molar-refractivity contribution in [2.45, 2.75) is 32.3 Å². The Balaban J connectivity index is 3.30. The van der Waals surface area contributed by atoms with Gasteiger partial charge in [-0.3, -0.25) is 0 Å². The first-order valence-corrected chi connectivity index (χ1v) is 5.44. The highest BCUT2D eigenvalue weighted by Gasteiger charge is 2.27. The molecule has 0 aromatic carbocycles. The largest absolute Gasteiger partial charge is 0.479 e. The van der Waals surface area contributed by atoms with Gasteiger partial charge < -0.3 is 19.3 Å². The maximum absolute atomic E-state index is 10.7. The van der Waals surface area contributed by atoms with E-state index in [1.807, 2.05) is 0 Å². The van der Waals surface area contributed by atoms with Crippen LogP contribution in [0.25, 0.3) is 0 Å². The average Bonchev–Trinajstić information content (AvgIpc) is 2.21. The van der Waals surface area contributed by atoms with E-state index in [9.17, 15) is 4.79 Å². The topological polar surface area (TPSA) is 65.0 Å². The lowest BCUT2D eigenvalue weighted by molar-refractivity contribution is -0.161. The predicted octanol–water partition coefficient (Wildman–Crippen LogP) is 1.31. The number of aliphatic carboxylic acids is 1. The van der Waals surface area contributed by atoms with Crippen LogP contribution in [0.2, 0.25) is 0 Å². The summed E-state index contributed by atoms with van der Waals surface area (Å²) in [6.45, 7) is 5.41. The van der Waals surface area contributed by atoms with E-state index in [0.29, 0.717) is 32.8 Å². The number of hydrogen-bond donors (Lipinski definition) is 1. The maximum Gasteiger partial charge on any atom is 0.335 e. The molecule has 0 saturated heterocycles. The molecule has 0 aliphatic carbocycles. The Hall–Kier alpha value is -0.650. The third kappa shape index (κ3) is 7.62. The summed E-state index contributed by atoms with van der Waals surface area (Å²) in [4.78, 5) is 10.7. The van der Waals surface area contributed by atoms with Crippen molar-refractivity contribution in [1.82, 2.24) is 0 Å². The van der Waals surface area contributed by atoms with Gasteiger partial charge in [-0.15, -0.1) is 0 Å². The first-order valence-electron chi connectivity index (χ1n) is 5.44. The summed E-state index contributed by atoms with van der Waals surface area (Å²) in [5, 5.41) is 8.77. The van der Waals surface area contributed by atoms with Crippen LogP contribution in [0.4, 0.5) is 0 Å². The van der Waals surface area contributed by atoms with Crippen LogP contribution >= 0.6 is 0 Å². The molecular weight excluding hydrogens is 212 g/mol. The minimum Gasteiger partial charge on any atom is -0.479 e. The maximum atomic E-state index is 10.7. The molecule has 0 atom stereocenters. The minimum atomic E-state index is -1.12. The van der Waals surface area contributed by atoms with Crippen molar-refractivity contribution in [2.24, 2.45) is 0 Å². The molecule has 0 aliphatic heterocycles. The molecule has 1 N–H and O–H groups in total. The van der Waals surface area contributed by atoms with Gasteiger partial charge in [-0.1, -0.05) is 0 Å². The first kappa shape index (κ1) is 15.3. The van der Waals surface area contributed by atoms with Crippen LogP contribution < -0.4 is 0 Å². The van der Waals surface area contributed by atoms with E-state index in [0.717, 1.165) is 6.42 Å². The molecule has 0 radical (unpaired) electrons. The molecule has 0 spiro atoms. The zero-order valence-corrected chi connectivity index (χ0v) is 10.3. The quantitative estimate of drug-likeness (QED) is 0.577. The van der Waals surface area contributed by atoms with Crippen molar-refractivity contribution < 1.29 is 24.1 Å². The number of hydrogen-bond acceptors (Lipinski definition) is 4. The van der Waals surface area contributed by atoms with Gasteiger partial charge in [-0.25, -0.2) is 4.79 Å². The Bertz CT molecular complexity index is 191. The summed E-state index contributed by atoms with van der Waals surface area (Å²) in [5.41, 5.74) is -1.12. The summed E-state index contributed by atoms with van der Waals surface area (Å²) < 4.78 is 15.4. The van der Waals surface area contributed by atoms with Gasteiger partial charge in [-0.05, 0) is 26.7 Å². The van der Waals surface area contributed by atoms with Gasteiger partial charge in [0.1, 0.15) is 0 Å².